The van der Waals surface area contributed by atoms with Crippen LogP contribution >= 0.6 is 0 Å². The number of hydrogen-bond acceptors (Lipinski definition) is 11. The molecule has 2 amide bonds. The van der Waals surface area contributed by atoms with Gasteiger partial charge in [0.2, 0.25) is 11.8 Å². The van der Waals surface area contributed by atoms with Gasteiger partial charge in [0.05, 0.1) is 38.5 Å². The average molecular weight is 963 g/mol. The van der Waals surface area contributed by atoms with E-state index in [0.717, 1.165) is 41.4 Å². The van der Waals surface area contributed by atoms with Gasteiger partial charge in [0.15, 0.2) is 0 Å². The van der Waals surface area contributed by atoms with Gasteiger partial charge >= 0.3 is 0 Å². The molecule has 4 bridgehead atoms. The molecule has 11 rings (SSSR count). The quantitative estimate of drug-likeness (QED) is 0.0707. The first-order valence-corrected chi connectivity index (χ1v) is 25.8. The molecule has 2 unspecified atom stereocenters. The Bertz CT molecular complexity index is 2320. The number of hydroxylamine groups is 4. The number of rotatable bonds is 15. The van der Waals surface area contributed by atoms with Crippen LogP contribution in [0.4, 0.5) is 0 Å². The summed E-state index contributed by atoms with van der Waals surface area (Å²) < 4.78 is 0. The third-order valence-corrected chi connectivity index (χ3v) is 18.1. The molecule has 0 radical (unpaired) electrons. The molecule has 0 aromatic heterocycles. The van der Waals surface area contributed by atoms with Gasteiger partial charge in [0, 0.05) is 29.5 Å². The Morgan fingerprint density at radius 3 is 1.46 bits per heavy atom. The lowest BCUT2D eigenvalue weighted by molar-refractivity contribution is -0.183. The normalized spacial score (nSPS) is 34.9. The molecule has 2 aliphatic heterocycles. The van der Waals surface area contributed by atoms with Crippen molar-refractivity contribution in [1.29, 1.82) is 0 Å². The Kier molecular flexibility index (Phi) is 15.9. The first kappa shape index (κ1) is 52.0. The molecule has 16 atom stereocenters. The zero-order valence-corrected chi connectivity index (χ0v) is 42.4. The van der Waals surface area contributed by atoms with Gasteiger partial charge < -0.3 is 31.1 Å². The van der Waals surface area contributed by atoms with Crippen molar-refractivity contribution in [3.05, 3.63) is 107 Å². The summed E-state index contributed by atoms with van der Waals surface area (Å²) in [6, 6.07) is 24.2. The molecule has 13 nitrogen and oxygen atoms in total. The predicted octanol–water partition coefficient (Wildman–Crippen LogP) is 6.68. The number of hydrogen-bond donors (Lipinski definition) is 6. The van der Waals surface area contributed by atoms with Crippen molar-refractivity contribution in [2.75, 3.05) is 13.2 Å². The lowest BCUT2D eigenvalue weighted by Gasteiger charge is -2.62. The Hall–Kier alpha value is -4.31. The molecule has 6 aliphatic carbocycles. The van der Waals surface area contributed by atoms with Crippen molar-refractivity contribution < 1.29 is 44.5 Å². The van der Waals surface area contributed by atoms with Crippen LogP contribution in [0, 0.1) is 58.2 Å². The highest BCUT2D eigenvalue weighted by molar-refractivity contribution is 5.83. The number of nitrogens with one attached hydrogen (secondary N) is 2. The summed E-state index contributed by atoms with van der Waals surface area (Å²) in [4.78, 5) is 50.6. The number of carbonyl (C=O) groups is 3. The van der Waals surface area contributed by atoms with Crippen LogP contribution in [0.3, 0.4) is 0 Å². The zero-order chi connectivity index (χ0) is 50.2. The van der Waals surface area contributed by atoms with Crippen LogP contribution in [0.25, 0.3) is 12.2 Å². The molecule has 6 N–H and O–H groups in total. The van der Waals surface area contributed by atoms with Crippen molar-refractivity contribution in [2.45, 2.75) is 143 Å². The van der Waals surface area contributed by atoms with Crippen molar-refractivity contribution in [1.82, 2.24) is 20.8 Å². The molecule has 70 heavy (non-hydrogen) atoms. The van der Waals surface area contributed by atoms with Gasteiger partial charge in [-0.3, -0.25) is 24.1 Å². The monoisotopic (exact) mass is 963 g/mol. The lowest BCUT2D eigenvalue weighted by Crippen LogP contribution is -2.62. The van der Waals surface area contributed by atoms with Crippen LogP contribution in [0.5, 0.6) is 0 Å². The largest absolute Gasteiger partial charge is 0.394 e. The topological polar surface area (TPSA) is 181 Å². The summed E-state index contributed by atoms with van der Waals surface area (Å²) in [6.07, 6.45) is 6.42. The fourth-order valence-corrected chi connectivity index (χ4v) is 13.6. The SMILES string of the molecule is C[C@H](O)[C@@H]1[C@H](CO)ON(Cc2cccc(/C=C/c3ccccc3)c2)[C@@H]1C(=O)NC1C[C@H]2C[C@@H]([C@@H]1C)C2(C)C.C[C@H](O)[C@@H]1[C@H](CO)ON(Cc2cccc(C=O)c2)[C@@H]1C(=O)NC1C[C@H]2C[C@@H]([C@@H]1C)C2(C)C. The van der Waals surface area contributed by atoms with E-state index in [1.165, 1.54) is 12.8 Å². The van der Waals surface area contributed by atoms with Crippen molar-refractivity contribution in [3.63, 3.8) is 0 Å². The summed E-state index contributed by atoms with van der Waals surface area (Å²) in [5, 5.41) is 50.9. The third-order valence-electron chi connectivity index (χ3n) is 18.1. The summed E-state index contributed by atoms with van der Waals surface area (Å²) in [5.74, 6) is 1.89. The van der Waals surface area contributed by atoms with Gasteiger partial charge in [-0.05, 0) is 114 Å². The molecule has 6 saturated carbocycles. The minimum atomic E-state index is -0.828. The fourth-order valence-electron chi connectivity index (χ4n) is 13.6. The Labute approximate surface area is 414 Å². The minimum Gasteiger partial charge on any atom is -0.394 e. The molecular formula is C57H78N4O9. The molecule has 2 saturated heterocycles. The number of nitrogens with zero attached hydrogens (tertiary/aromatic N) is 2. The minimum absolute atomic E-state index is 0.0994. The maximum Gasteiger partial charge on any atom is 0.240 e. The fraction of sp³-hybridized carbons (Fsp3) is 0.596. The van der Waals surface area contributed by atoms with Gasteiger partial charge in [-0.2, -0.15) is 10.1 Å². The van der Waals surface area contributed by atoms with E-state index >= 15 is 0 Å². The number of carbonyl (C=O) groups excluding carboxylic acids is 3. The van der Waals surface area contributed by atoms with Gasteiger partial charge in [-0.1, -0.05) is 126 Å². The summed E-state index contributed by atoms with van der Waals surface area (Å²) >= 11 is 0. The first-order chi connectivity index (χ1) is 33.4. The molecule has 2 heterocycles. The first-order valence-electron chi connectivity index (χ1n) is 25.8. The van der Waals surface area contributed by atoms with Gasteiger partial charge in [-0.25, -0.2) is 0 Å². The second-order valence-corrected chi connectivity index (χ2v) is 22.8. The van der Waals surface area contributed by atoms with Crippen LogP contribution in [-0.4, -0.2) is 110 Å². The third kappa shape index (κ3) is 10.5. The smallest absolute Gasteiger partial charge is 0.240 e. The molecule has 8 aliphatic rings. The van der Waals surface area contributed by atoms with Crippen LogP contribution in [-0.2, 0) is 32.4 Å². The van der Waals surface area contributed by atoms with E-state index in [4.69, 9.17) is 9.68 Å². The standard InChI is InChI=1S/C32H42N2O4.C25H36N2O5/c1-20-26-16-25(32(26,3)4)17-27(20)33-31(37)30-29(21(2)36)28(19-35)38-34(30)18-24-12-8-11-23(15-24)14-13-22-9-6-5-7-10-22;1-14-19-9-18(25(19,3)4)10-20(14)26-24(31)23-22(15(2)30)21(13-29)32-27(23)11-16-6-5-7-17(8-16)12-28/h5-15,20-21,25-30,35-36H,16-19H2,1-4H3,(H,33,37);5-8,12,14-15,18-23,29-30H,9-11,13H2,1-4H3,(H,26,31)/b14-13+;/t20-,21-,25+,26-,27?,28-,29+,30-;14-,15-,18+,19-,20?,21-,22+,23-/m00/s1. The lowest BCUT2D eigenvalue weighted by atomic mass is 9.45. The van der Waals surface area contributed by atoms with Crippen LogP contribution in [0.2, 0.25) is 0 Å². The van der Waals surface area contributed by atoms with E-state index in [9.17, 15) is 34.8 Å². The van der Waals surface area contributed by atoms with Crippen molar-refractivity contribution in [2.24, 2.45) is 58.2 Å². The van der Waals surface area contributed by atoms with Crippen molar-refractivity contribution >= 4 is 30.3 Å². The van der Waals surface area contributed by atoms with Gasteiger partial charge in [0.25, 0.3) is 0 Å². The molecule has 8 fully saturated rings. The zero-order valence-electron chi connectivity index (χ0n) is 42.4. The van der Waals surface area contributed by atoms with E-state index in [1.807, 2.05) is 42.5 Å². The Morgan fingerprint density at radius 1 is 0.643 bits per heavy atom. The Balaban J connectivity index is 0.000000191. The van der Waals surface area contributed by atoms with Crippen LogP contribution < -0.4 is 10.6 Å². The second-order valence-electron chi connectivity index (χ2n) is 22.8. The number of aliphatic hydroxyl groups is 4. The summed E-state index contributed by atoms with van der Waals surface area (Å²) in [7, 11) is 0. The maximum atomic E-state index is 13.8. The molecule has 13 heteroatoms. The highest BCUT2D eigenvalue weighted by Crippen LogP contribution is 2.62. The number of benzene rings is 3. The predicted molar refractivity (Wildman–Crippen MR) is 269 cm³/mol. The van der Waals surface area contributed by atoms with Crippen LogP contribution in [0.1, 0.15) is 114 Å². The number of fused-ring (bicyclic) bond motifs is 4. The van der Waals surface area contributed by atoms with Gasteiger partial charge in [-0.15, -0.1) is 0 Å². The maximum absolute atomic E-state index is 13.8. The molecule has 3 aromatic rings. The van der Waals surface area contributed by atoms with E-state index in [1.54, 1.807) is 42.2 Å². The second kappa shape index (κ2) is 21.4. The number of amides is 2. The highest BCUT2D eigenvalue weighted by Gasteiger charge is 2.59. The molecule has 3 aromatic carbocycles. The molecule has 380 valence electrons. The van der Waals surface area contributed by atoms with Gasteiger partial charge in [0.1, 0.15) is 30.6 Å². The average Bonchev–Trinajstić information content (AvgIpc) is 3.91. The van der Waals surface area contributed by atoms with Crippen molar-refractivity contribution in [3.8, 4) is 0 Å². The summed E-state index contributed by atoms with van der Waals surface area (Å²) in [6.45, 7) is 17.3. The van der Waals surface area contributed by atoms with E-state index < -0.39 is 48.3 Å². The van der Waals surface area contributed by atoms with E-state index in [-0.39, 0.29) is 43.7 Å². The molecule has 0 spiro atoms. The number of aliphatic hydroxyl groups excluding tert-OH is 4. The van der Waals surface area contributed by atoms with E-state index in [2.05, 4.69) is 82.5 Å². The highest BCUT2D eigenvalue weighted by atomic mass is 16.7. The van der Waals surface area contributed by atoms with Crippen LogP contribution in [0.15, 0.2) is 78.9 Å². The van der Waals surface area contributed by atoms with E-state index in [0.29, 0.717) is 58.4 Å². The summed E-state index contributed by atoms with van der Waals surface area (Å²) in [5.41, 5.74) is 5.21. The Morgan fingerprint density at radius 2 is 1.06 bits per heavy atom. The number of aldehydes is 1. The molecular weight excluding hydrogens is 885 g/mol.